The lowest BCUT2D eigenvalue weighted by Gasteiger charge is -2.27. The maximum absolute atomic E-state index is 12.3. The van der Waals surface area contributed by atoms with E-state index < -0.39 is 0 Å². The number of alkyl halides is 1. The molecule has 3 nitrogen and oxygen atoms in total. The summed E-state index contributed by atoms with van der Waals surface area (Å²) in [6.45, 7) is 0.827. The second-order valence-electron chi connectivity index (χ2n) is 4.26. The number of halogens is 2. The molecule has 1 aliphatic heterocycles. The summed E-state index contributed by atoms with van der Waals surface area (Å²) in [6.07, 6.45) is 4.55. The molecule has 1 aromatic heterocycles. The van der Waals surface area contributed by atoms with Crippen LogP contribution in [-0.2, 0) is 0 Å². The van der Waals surface area contributed by atoms with Crippen LogP contribution >= 0.6 is 31.9 Å². The number of hydrogen-bond acceptors (Lipinski definition) is 2. The monoisotopic (exact) mass is 363 g/mol. The zero-order valence-corrected chi connectivity index (χ0v) is 12.7. The average Bonchev–Trinajstić information content (AvgIpc) is 2.64. The van der Waals surface area contributed by atoms with Crippen molar-refractivity contribution in [2.24, 2.45) is 0 Å². The number of amides is 1. The number of rotatable bonds is 2. The fourth-order valence-corrected chi connectivity index (χ4v) is 3.16. The van der Waals surface area contributed by atoms with Crippen LogP contribution in [0.5, 0.6) is 0 Å². The molecule has 0 bridgehead atoms. The first-order valence-electron chi connectivity index (χ1n) is 5.84. The fourth-order valence-electron chi connectivity index (χ4n) is 2.18. The van der Waals surface area contributed by atoms with E-state index in [9.17, 15) is 4.79 Å². The molecule has 0 spiro atoms. The Labute approximate surface area is 118 Å². The maximum Gasteiger partial charge on any atom is 0.289 e. The number of nitrogens with zero attached hydrogens (tertiary/aromatic N) is 1. The molecule has 1 fully saturated rings. The van der Waals surface area contributed by atoms with E-state index in [1.165, 1.54) is 12.8 Å². The van der Waals surface area contributed by atoms with Crippen molar-refractivity contribution in [1.29, 1.82) is 0 Å². The van der Waals surface area contributed by atoms with Crippen LogP contribution in [0.2, 0.25) is 0 Å². The van der Waals surface area contributed by atoms with Crippen molar-refractivity contribution >= 4 is 37.8 Å². The molecule has 1 aliphatic rings. The van der Waals surface area contributed by atoms with Crippen molar-refractivity contribution in [3.63, 3.8) is 0 Å². The number of furan rings is 1. The Hall–Kier alpha value is -0.290. The van der Waals surface area contributed by atoms with Gasteiger partial charge in [0.25, 0.3) is 5.91 Å². The van der Waals surface area contributed by atoms with Gasteiger partial charge in [0, 0.05) is 17.9 Å². The molecule has 0 saturated carbocycles. The van der Waals surface area contributed by atoms with Crippen molar-refractivity contribution < 1.29 is 9.21 Å². The molecule has 1 unspecified atom stereocenters. The summed E-state index contributed by atoms with van der Waals surface area (Å²) >= 11 is 6.72. The van der Waals surface area contributed by atoms with Gasteiger partial charge in [-0.1, -0.05) is 28.8 Å². The van der Waals surface area contributed by atoms with E-state index >= 15 is 0 Å². The molecule has 0 aliphatic carbocycles. The quantitative estimate of drug-likeness (QED) is 0.747. The summed E-state index contributed by atoms with van der Waals surface area (Å²) in [5.41, 5.74) is 0. The Balaban J connectivity index is 2.15. The number of likely N-dealkylation sites (tertiary alicyclic amines) is 1. The maximum atomic E-state index is 12.3. The van der Waals surface area contributed by atoms with Gasteiger partial charge in [0.15, 0.2) is 10.4 Å². The minimum Gasteiger partial charge on any atom is -0.444 e. The van der Waals surface area contributed by atoms with Gasteiger partial charge in [-0.15, -0.1) is 0 Å². The summed E-state index contributed by atoms with van der Waals surface area (Å²) in [5, 5.41) is 0.834. The Bertz CT molecular complexity index is 392. The SMILES string of the molecule is O=C(c1ccc(Br)o1)N1CCCCCC1CBr. The van der Waals surface area contributed by atoms with Crippen LogP contribution in [0.15, 0.2) is 21.2 Å². The lowest BCUT2D eigenvalue weighted by Crippen LogP contribution is -2.40. The van der Waals surface area contributed by atoms with Gasteiger partial charge >= 0.3 is 0 Å². The van der Waals surface area contributed by atoms with Crippen molar-refractivity contribution in [1.82, 2.24) is 4.90 Å². The third-order valence-electron chi connectivity index (χ3n) is 3.10. The van der Waals surface area contributed by atoms with E-state index in [1.54, 1.807) is 12.1 Å². The van der Waals surface area contributed by atoms with Crippen molar-refractivity contribution in [3.05, 3.63) is 22.6 Å². The van der Waals surface area contributed by atoms with Gasteiger partial charge < -0.3 is 9.32 Å². The molecule has 1 saturated heterocycles. The van der Waals surface area contributed by atoms with Gasteiger partial charge in [-0.25, -0.2) is 0 Å². The molecular formula is C12H15Br2NO2. The predicted octanol–water partition coefficient (Wildman–Crippen LogP) is 3.82. The molecule has 5 heteroatoms. The lowest BCUT2D eigenvalue weighted by molar-refractivity contribution is 0.0668. The van der Waals surface area contributed by atoms with E-state index in [-0.39, 0.29) is 11.9 Å². The first-order chi connectivity index (χ1) is 8.22. The number of hydrogen-bond donors (Lipinski definition) is 0. The average molecular weight is 365 g/mol. The smallest absolute Gasteiger partial charge is 0.289 e. The van der Waals surface area contributed by atoms with Crippen LogP contribution in [0.25, 0.3) is 0 Å². The first kappa shape index (κ1) is 13.1. The summed E-state index contributed by atoms with van der Waals surface area (Å²) < 4.78 is 5.95. The molecule has 2 rings (SSSR count). The van der Waals surface area contributed by atoms with Crippen LogP contribution in [0.3, 0.4) is 0 Å². The standard InChI is InChI=1S/C12H15Br2NO2/c13-8-9-4-2-1-3-7-15(9)12(16)10-5-6-11(14)17-10/h5-6,9H,1-4,7-8H2. The Morgan fingerprint density at radius 2 is 2.24 bits per heavy atom. The van der Waals surface area contributed by atoms with Crippen LogP contribution in [-0.4, -0.2) is 28.7 Å². The molecule has 0 radical (unpaired) electrons. The fraction of sp³-hybridized carbons (Fsp3) is 0.583. The minimum absolute atomic E-state index is 0.00190. The molecule has 94 valence electrons. The zero-order chi connectivity index (χ0) is 12.3. The summed E-state index contributed by atoms with van der Waals surface area (Å²) in [7, 11) is 0. The number of carbonyl (C=O) groups is 1. The van der Waals surface area contributed by atoms with Gasteiger partial charge in [0.05, 0.1) is 0 Å². The Morgan fingerprint density at radius 3 is 2.88 bits per heavy atom. The minimum atomic E-state index is 0.00190. The van der Waals surface area contributed by atoms with Crippen LogP contribution in [0.4, 0.5) is 0 Å². The predicted molar refractivity (Wildman–Crippen MR) is 73.5 cm³/mol. The Kier molecular flexibility index (Phi) is 4.68. The molecule has 1 atom stereocenters. The summed E-state index contributed by atoms with van der Waals surface area (Å²) in [6, 6.07) is 3.77. The first-order valence-corrected chi connectivity index (χ1v) is 7.76. The summed E-state index contributed by atoms with van der Waals surface area (Å²) in [5.74, 6) is 0.423. The lowest BCUT2D eigenvalue weighted by atomic mass is 10.1. The molecular weight excluding hydrogens is 350 g/mol. The van der Waals surface area contributed by atoms with Gasteiger partial charge in [-0.05, 0) is 40.9 Å². The highest BCUT2D eigenvalue weighted by Crippen LogP contribution is 2.22. The molecule has 1 aromatic rings. The van der Waals surface area contributed by atoms with Crippen molar-refractivity contribution in [2.45, 2.75) is 31.7 Å². The topological polar surface area (TPSA) is 33.5 Å². The molecule has 0 N–H and O–H groups in total. The van der Waals surface area contributed by atoms with Gasteiger partial charge in [0.2, 0.25) is 0 Å². The van der Waals surface area contributed by atoms with E-state index in [0.29, 0.717) is 10.4 Å². The van der Waals surface area contributed by atoms with E-state index in [2.05, 4.69) is 31.9 Å². The van der Waals surface area contributed by atoms with E-state index in [0.717, 1.165) is 24.7 Å². The van der Waals surface area contributed by atoms with Crippen molar-refractivity contribution in [2.75, 3.05) is 11.9 Å². The largest absolute Gasteiger partial charge is 0.444 e. The van der Waals surface area contributed by atoms with Crippen LogP contribution in [0.1, 0.15) is 36.2 Å². The highest BCUT2D eigenvalue weighted by molar-refractivity contribution is 9.10. The van der Waals surface area contributed by atoms with E-state index in [1.807, 2.05) is 4.90 Å². The van der Waals surface area contributed by atoms with Crippen LogP contribution < -0.4 is 0 Å². The zero-order valence-electron chi connectivity index (χ0n) is 9.49. The normalized spacial score (nSPS) is 21.3. The number of carbonyl (C=O) groups excluding carboxylic acids is 1. The third kappa shape index (κ3) is 3.13. The van der Waals surface area contributed by atoms with E-state index in [4.69, 9.17) is 4.42 Å². The second-order valence-corrected chi connectivity index (χ2v) is 5.69. The molecule has 0 aromatic carbocycles. The van der Waals surface area contributed by atoms with Crippen molar-refractivity contribution in [3.8, 4) is 0 Å². The highest BCUT2D eigenvalue weighted by Gasteiger charge is 2.27. The molecule has 1 amide bonds. The van der Waals surface area contributed by atoms with Gasteiger partial charge in [-0.3, -0.25) is 4.79 Å². The second kappa shape index (κ2) is 6.05. The molecule has 2 heterocycles. The molecule has 17 heavy (non-hydrogen) atoms. The van der Waals surface area contributed by atoms with Gasteiger partial charge in [-0.2, -0.15) is 0 Å². The summed E-state index contributed by atoms with van der Waals surface area (Å²) in [4.78, 5) is 14.3. The Morgan fingerprint density at radius 1 is 1.41 bits per heavy atom. The van der Waals surface area contributed by atoms with Crippen LogP contribution in [0, 0.1) is 0 Å². The highest BCUT2D eigenvalue weighted by atomic mass is 79.9. The van der Waals surface area contributed by atoms with Gasteiger partial charge in [0.1, 0.15) is 0 Å². The third-order valence-corrected chi connectivity index (χ3v) is 4.27.